The Bertz CT molecular complexity index is 609. The number of benzene rings is 1. The van der Waals surface area contributed by atoms with Crippen LogP contribution in [-0.4, -0.2) is 31.5 Å². The van der Waals surface area contributed by atoms with Gasteiger partial charge in [-0.05, 0) is 31.0 Å². The van der Waals surface area contributed by atoms with Crippen LogP contribution in [0.25, 0.3) is 0 Å². The van der Waals surface area contributed by atoms with Crippen LogP contribution in [0.15, 0.2) is 18.2 Å². The van der Waals surface area contributed by atoms with E-state index >= 15 is 0 Å². The Kier molecular flexibility index (Phi) is 3.79. The van der Waals surface area contributed by atoms with Crippen LogP contribution in [-0.2, 0) is 9.47 Å². The second kappa shape index (κ2) is 5.73. The maximum atomic E-state index is 9.08. The molecule has 2 aliphatic heterocycles. The molecule has 0 saturated carbocycles. The first kappa shape index (κ1) is 13.9. The molecule has 2 unspecified atom stereocenters. The molecule has 0 radical (unpaired) electrons. The van der Waals surface area contributed by atoms with Crippen LogP contribution in [0.4, 0.5) is 5.69 Å². The third kappa shape index (κ3) is 2.85. The van der Waals surface area contributed by atoms with Gasteiger partial charge in [0.25, 0.3) is 0 Å². The minimum Gasteiger partial charge on any atom is -0.382 e. The van der Waals surface area contributed by atoms with Crippen molar-refractivity contribution in [2.75, 3.05) is 25.1 Å². The minimum absolute atomic E-state index is 0.138. The first-order chi connectivity index (χ1) is 10.2. The number of nitrogens with one attached hydrogen (secondary N) is 1. The van der Waals surface area contributed by atoms with Gasteiger partial charge in [0, 0.05) is 31.4 Å². The maximum absolute atomic E-state index is 9.08. The average Bonchev–Trinajstić information content (AvgIpc) is 2.95. The van der Waals surface area contributed by atoms with Crippen LogP contribution in [0.5, 0.6) is 0 Å². The Morgan fingerprint density at radius 1 is 1.19 bits per heavy atom. The van der Waals surface area contributed by atoms with E-state index in [4.69, 9.17) is 20.0 Å². The zero-order valence-corrected chi connectivity index (χ0v) is 11.8. The molecule has 2 aliphatic rings. The molecule has 1 aromatic rings. The largest absolute Gasteiger partial charge is 0.382 e. The fourth-order valence-corrected chi connectivity index (χ4v) is 3.07. The van der Waals surface area contributed by atoms with E-state index in [0.717, 1.165) is 38.2 Å². The van der Waals surface area contributed by atoms with Crippen LogP contribution in [0.1, 0.15) is 30.4 Å². The van der Waals surface area contributed by atoms with Crippen molar-refractivity contribution in [1.82, 2.24) is 0 Å². The minimum atomic E-state index is -0.138. The normalized spacial score (nSPS) is 28.0. The van der Waals surface area contributed by atoms with Gasteiger partial charge in [0.1, 0.15) is 12.1 Å². The molecule has 0 aromatic heterocycles. The van der Waals surface area contributed by atoms with Crippen molar-refractivity contribution in [3.63, 3.8) is 0 Å². The molecule has 3 rings (SSSR count). The lowest BCUT2D eigenvalue weighted by Gasteiger charge is -2.37. The highest BCUT2D eigenvalue weighted by molar-refractivity contribution is 5.56. The molecule has 2 fully saturated rings. The molecule has 0 amide bonds. The van der Waals surface area contributed by atoms with Gasteiger partial charge < -0.3 is 14.8 Å². The fraction of sp³-hybridized carbons (Fsp3) is 0.500. The maximum Gasteiger partial charge on any atom is 0.101 e. The van der Waals surface area contributed by atoms with Gasteiger partial charge in [-0.2, -0.15) is 10.5 Å². The van der Waals surface area contributed by atoms with Gasteiger partial charge in [0.05, 0.1) is 23.3 Å². The van der Waals surface area contributed by atoms with Gasteiger partial charge >= 0.3 is 0 Å². The van der Waals surface area contributed by atoms with E-state index in [9.17, 15) is 0 Å². The van der Waals surface area contributed by atoms with Gasteiger partial charge in [-0.15, -0.1) is 0 Å². The topological polar surface area (TPSA) is 78.1 Å². The lowest BCUT2D eigenvalue weighted by atomic mass is 9.89. The molecule has 21 heavy (non-hydrogen) atoms. The summed E-state index contributed by atoms with van der Waals surface area (Å²) >= 11 is 0. The van der Waals surface area contributed by atoms with Crippen LogP contribution >= 0.6 is 0 Å². The lowest BCUT2D eigenvalue weighted by molar-refractivity contribution is -0.0828. The molecule has 2 saturated heterocycles. The smallest absolute Gasteiger partial charge is 0.101 e. The molecule has 1 N–H and O–H groups in total. The highest BCUT2D eigenvalue weighted by atomic mass is 16.6. The van der Waals surface area contributed by atoms with Crippen molar-refractivity contribution >= 4 is 5.69 Å². The molecule has 5 heteroatoms. The van der Waals surface area contributed by atoms with Gasteiger partial charge in [-0.1, -0.05) is 0 Å². The van der Waals surface area contributed by atoms with Gasteiger partial charge in [0.15, 0.2) is 0 Å². The van der Waals surface area contributed by atoms with Gasteiger partial charge in [-0.25, -0.2) is 0 Å². The van der Waals surface area contributed by atoms with Crippen molar-refractivity contribution in [2.45, 2.75) is 30.9 Å². The molecular formula is C16H17N3O2. The Balaban J connectivity index is 1.72. The van der Waals surface area contributed by atoms with E-state index < -0.39 is 0 Å². The Hall–Kier alpha value is -2.08. The van der Waals surface area contributed by atoms with Crippen LogP contribution in [0.2, 0.25) is 0 Å². The summed E-state index contributed by atoms with van der Waals surface area (Å²) in [6.45, 7) is 2.16. The summed E-state index contributed by atoms with van der Waals surface area (Å²) in [6.07, 6.45) is 2.79. The van der Waals surface area contributed by atoms with E-state index in [0.29, 0.717) is 23.8 Å². The second-order valence-electron chi connectivity index (χ2n) is 5.65. The SMILES string of the molecule is N#Cc1ccc(NC2CCOC3(CCOC3)C2)cc1C#N. The first-order valence-corrected chi connectivity index (χ1v) is 7.17. The van der Waals surface area contributed by atoms with Crippen molar-refractivity contribution in [3.05, 3.63) is 29.3 Å². The molecule has 2 atom stereocenters. The highest BCUT2D eigenvalue weighted by Gasteiger charge is 2.40. The molecule has 108 valence electrons. The van der Waals surface area contributed by atoms with Crippen LogP contribution < -0.4 is 5.32 Å². The number of hydrogen-bond donors (Lipinski definition) is 1. The predicted molar refractivity (Wildman–Crippen MR) is 76.6 cm³/mol. The highest BCUT2D eigenvalue weighted by Crippen LogP contribution is 2.34. The summed E-state index contributed by atoms with van der Waals surface area (Å²) in [5, 5.41) is 21.5. The summed E-state index contributed by atoms with van der Waals surface area (Å²) in [6, 6.07) is 9.69. The summed E-state index contributed by atoms with van der Waals surface area (Å²) in [5.74, 6) is 0. The second-order valence-corrected chi connectivity index (χ2v) is 5.65. The molecule has 1 spiro atoms. The van der Waals surface area contributed by atoms with Gasteiger partial charge in [-0.3, -0.25) is 0 Å². The molecule has 0 bridgehead atoms. The predicted octanol–water partition coefficient (Wildman–Crippen LogP) is 2.18. The summed E-state index contributed by atoms with van der Waals surface area (Å²) < 4.78 is 11.4. The first-order valence-electron chi connectivity index (χ1n) is 7.17. The summed E-state index contributed by atoms with van der Waals surface area (Å²) in [4.78, 5) is 0. The summed E-state index contributed by atoms with van der Waals surface area (Å²) in [5.41, 5.74) is 1.57. The Labute approximate surface area is 124 Å². The average molecular weight is 283 g/mol. The Morgan fingerprint density at radius 2 is 2.05 bits per heavy atom. The zero-order valence-electron chi connectivity index (χ0n) is 11.8. The van der Waals surface area contributed by atoms with E-state index in [1.807, 2.05) is 12.1 Å². The lowest BCUT2D eigenvalue weighted by Crippen LogP contribution is -2.44. The standard InChI is InChI=1S/C16H17N3O2/c17-9-12-1-2-14(7-13(12)10-18)19-15-3-5-21-16(8-15)4-6-20-11-16/h1-2,7,15,19H,3-6,8,11H2. The zero-order chi connectivity index (χ0) is 14.7. The van der Waals surface area contributed by atoms with E-state index in [1.165, 1.54) is 0 Å². The third-order valence-corrected chi connectivity index (χ3v) is 4.19. The number of nitriles is 2. The number of ether oxygens (including phenoxy) is 2. The number of rotatable bonds is 2. The number of hydrogen-bond acceptors (Lipinski definition) is 5. The summed E-state index contributed by atoms with van der Waals surface area (Å²) in [7, 11) is 0. The van der Waals surface area contributed by atoms with Crippen molar-refractivity contribution in [3.8, 4) is 12.1 Å². The fourth-order valence-electron chi connectivity index (χ4n) is 3.07. The molecular weight excluding hydrogens is 266 g/mol. The molecule has 0 aliphatic carbocycles. The van der Waals surface area contributed by atoms with Gasteiger partial charge in [0.2, 0.25) is 0 Å². The molecule has 1 aromatic carbocycles. The number of nitrogens with zero attached hydrogens (tertiary/aromatic N) is 2. The number of anilines is 1. The molecule has 2 heterocycles. The quantitative estimate of drug-likeness (QED) is 0.900. The molecule has 5 nitrogen and oxygen atoms in total. The van der Waals surface area contributed by atoms with Crippen molar-refractivity contribution in [1.29, 1.82) is 10.5 Å². The van der Waals surface area contributed by atoms with Crippen molar-refractivity contribution in [2.24, 2.45) is 0 Å². The van der Waals surface area contributed by atoms with Crippen LogP contribution in [0.3, 0.4) is 0 Å². The Morgan fingerprint density at radius 3 is 2.76 bits per heavy atom. The van der Waals surface area contributed by atoms with E-state index in [1.54, 1.807) is 12.1 Å². The van der Waals surface area contributed by atoms with Crippen molar-refractivity contribution < 1.29 is 9.47 Å². The third-order valence-electron chi connectivity index (χ3n) is 4.19. The van der Waals surface area contributed by atoms with Crippen LogP contribution in [0, 0.1) is 22.7 Å². The van der Waals surface area contributed by atoms with E-state index in [2.05, 4.69) is 11.4 Å². The monoisotopic (exact) mass is 283 g/mol. The van der Waals surface area contributed by atoms with E-state index in [-0.39, 0.29) is 5.60 Å².